The number of carbonyl (C=O) groups is 2. The number of nitrogens with one attached hydrogen (secondary N) is 1. The number of nitrogens with zero attached hydrogens (tertiary/aromatic N) is 1. The number of carbonyl (C=O) groups excluding carboxylic acids is 2. The Kier molecular flexibility index (Phi) is 6.20. The highest BCUT2D eigenvalue weighted by atomic mass is 16.6. The summed E-state index contributed by atoms with van der Waals surface area (Å²) in [6.45, 7) is 6.49. The smallest absolute Gasteiger partial charge is 0.338 e. The van der Waals surface area contributed by atoms with Gasteiger partial charge in [-0.3, -0.25) is 0 Å². The Hall–Kier alpha value is -2.34. The first-order valence-electron chi connectivity index (χ1n) is 8.37. The number of esters is 1. The van der Waals surface area contributed by atoms with Gasteiger partial charge in [0.15, 0.2) is 0 Å². The van der Waals surface area contributed by atoms with Gasteiger partial charge in [-0.25, -0.2) is 9.59 Å². The number of allylic oxidation sites excluding steroid dienone is 1. The molecule has 1 atom stereocenters. The first-order valence-corrected chi connectivity index (χ1v) is 8.37. The number of urea groups is 1. The second-order valence-electron chi connectivity index (χ2n) is 6.39. The normalized spacial score (nSPS) is 17.8. The molecule has 6 heteroatoms. The van der Waals surface area contributed by atoms with E-state index in [0.717, 1.165) is 5.56 Å². The largest absolute Gasteiger partial charge is 0.460 e. The standard InChI is InChI=1S/C19H26N2O4/c1-12(2)14-6-8-15(9-7-14)17-16(18(22)25-11-10-24-5)13(3)21(4)19(23)20-17/h6-9,12,17H,10-11H2,1-5H3,(H,20,23). The molecule has 0 fully saturated rings. The van der Waals surface area contributed by atoms with Crippen LogP contribution in [0.5, 0.6) is 0 Å². The molecule has 1 aliphatic rings. The fourth-order valence-corrected chi connectivity index (χ4v) is 2.72. The number of methoxy groups -OCH3 is 1. The van der Waals surface area contributed by atoms with Gasteiger partial charge < -0.3 is 19.7 Å². The summed E-state index contributed by atoms with van der Waals surface area (Å²) < 4.78 is 10.2. The summed E-state index contributed by atoms with van der Waals surface area (Å²) in [7, 11) is 3.18. The van der Waals surface area contributed by atoms with Crippen molar-refractivity contribution in [2.45, 2.75) is 32.7 Å². The molecule has 0 aliphatic carbocycles. The van der Waals surface area contributed by atoms with Crippen molar-refractivity contribution in [2.24, 2.45) is 0 Å². The van der Waals surface area contributed by atoms with Crippen LogP contribution in [-0.2, 0) is 14.3 Å². The second kappa shape index (κ2) is 8.16. The summed E-state index contributed by atoms with van der Waals surface area (Å²) in [4.78, 5) is 26.2. The van der Waals surface area contributed by atoms with Gasteiger partial charge in [0.1, 0.15) is 6.61 Å². The van der Waals surface area contributed by atoms with E-state index in [2.05, 4.69) is 19.2 Å². The SMILES string of the molecule is COCCOC(=O)C1=C(C)N(C)C(=O)NC1c1ccc(C(C)C)cc1. The maximum absolute atomic E-state index is 12.6. The molecule has 136 valence electrons. The Morgan fingerprint density at radius 2 is 1.88 bits per heavy atom. The molecule has 1 aliphatic heterocycles. The quantitative estimate of drug-likeness (QED) is 0.635. The van der Waals surface area contributed by atoms with Crippen LogP contribution in [-0.4, -0.2) is 44.3 Å². The second-order valence-corrected chi connectivity index (χ2v) is 6.39. The molecular formula is C19H26N2O4. The maximum atomic E-state index is 12.6. The fraction of sp³-hybridized carbons (Fsp3) is 0.474. The number of hydrogen-bond donors (Lipinski definition) is 1. The van der Waals surface area contributed by atoms with Gasteiger partial charge in [-0.1, -0.05) is 38.1 Å². The molecule has 2 rings (SSSR count). The molecule has 1 N–H and O–H groups in total. The van der Waals surface area contributed by atoms with Gasteiger partial charge in [0.25, 0.3) is 0 Å². The predicted molar refractivity (Wildman–Crippen MR) is 95.1 cm³/mol. The molecule has 0 saturated heterocycles. The molecule has 2 amide bonds. The van der Waals surface area contributed by atoms with Crippen LogP contribution in [0.3, 0.4) is 0 Å². The van der Waals surface area contributed by atoms with Gasteiger partial charge in [-0.2, -0.15) is 0 Å². The van der Waals surface area contributed by atoms with E-state index in [9.17, 15) is 9.59 Å². The van der Waals surface area contributed by atoms with E-state index < -0.39 is 12.0 Å². The number of rotatable bonds is 6. The minimum Gasteiger partial charge on any atom is -0.460 e. The Bertz CT molecular complexity index is 665. The molecule has 1 aromatic rings. The van der Waals surface area contributed by atoms with Gasteiger partial charge in [0.05, 0.1) is 18.2 Å². The lowest BCUT2D eigenvalue weighted by atomic mass is 9.93. The topological polar surface area (TPSA) is 67.9 Å². The lowest BCUT2D eigenvalue weighted by Crippen LogP contribution is -2.46. The van der Waals surface area contributed by atoms with E-state index in [1.54, 1.807) is 21.1 Å². The van der Waals surface area contributed by atoms with Crippen molar-refractivity contribution in [1.82, 2.24) is 10.2 Å². The van der Waals surface area contributed by atoms with Crippen molar-refractivity contribution in [1.29, 1.82) is 0 Å². The lowest BCUT2D eigenvalue weighted by molar-refractivity contribution is -0.140. The van der Waals surface area contributed by atoms with Crippen LogP contribution in [0.4, 0.5) is 4.79 Å². The fourth-order valence-electron chi connectivity index (χ4n) is 2.72. The van der Waals surface area contributed by atoms with E-state index in [4.69, 9.17) is 9.47 Å². The third-order valence-corrected chi connectivity index (χ3v) is 4.43. The van der Waals surface area contributed by atoms with E-state index in [1.807, 2.05) is 24.3 Å². The van der Waals surface area contributed by atoms with Gasteiger partial charge in [0.2, 0.25) is 0 Å². The van der Waals surface area contributed by atoms with Crippen molar-refractivity contribution in [3.8, 4) is 0 Å². The molecule has 25 heavy (non-hydrogen) atoms. The number of hydrogen-bond acceptors (Lipinski definition) is 4. The molecule has 0 aromatic heterocycles. The molecule has 1 unspecified atom stereocenters. The number of benzene rings is 1. The van der Waals surface area contributed by atoms with Gasteiger partial charge in [0, 0.05) is 19.9 Å². The Balaban J connectivity index is 2.35. The average Bonchev–Trinajstić information content (AvgIpc) is 2.59. The van der Waals surface area contributed by atoms with Gasteiger partial charge in [-0.15, -0.1) is 0 Å². The lowest BCUT2D eigenvalue weighted by Gasteiger charge is -2.33. The van der Waals surface area contributed by atoms with Crippen molar-refractivity contribution < 1.29 is 19.1 Å². The third kappa shape index (κ3) is 4.20. The monoisotopic (exact) mass is 346 g/mol. The first-order chi connectivity index (χ1) is 11.9. The van der Waals surface area contributed by atoms with Crippen molar-refractivity contribution in [3.63, 3.8) is 0 Å². The summed E-state index contributed by atoms with van der Waals surface area (Å²) >= 11 is 0. The molecule has 0 saturated carbocycles. The Morgan fingerprint density at radius 1 is 1.24 bits per heavy atom. The van der Waals surface area contributed by atoms with Crippen molar-refractivity contribution >= 4 is 12.0 Å². The van der Waals surface area contributed by atoms with Crippen LogP contribution in [0.15, 0.2) is 35.5 Å². The zero-order valence-corrected chi connectivity index (χ0v) is 15.5. The Morgan fingerprint density at radius 3 is 2.44 bits per heavy atom. The molecule has 1 heterocycles. The van der Waals surface area contributed by atoms with Gasteiger partial charge in [-0.05, 0) is 24.0 Å². The van der Waals surface area contributed by atoms with Crippen molar-refractivity contribution in [2.75, 3.05) is 27.4 Å². The van der Waals surface area contributed by atoms with Crippen LogP contribution >= 0.6 is 0 Å². The molecular weight excluding hydrogens is 320 g/mol. The molecule has 1 aromatic carbocycles. The Labute approximate surface area is 148 Å². The van der Waals surface area contributed by atoms with Crippen LogP contribution in [0.1, 0.15) is 43.9 Å². The highest BCUT2D eigenvalue weighted by Crippen LogP contribution is 2.31. The molecule has 0 bridgehead atoms. The minimum absolute atomic E-state index is 0.169. The number of ether oxygens (including phenoxy) is 2. The maximum Gasteiger partial charge on any atom is 0.338 e. The third-order valence-electron chi connectivity index (χ3n) is 4.43. The minimum atomic E-state index is -0.528. The van der Waals surface area contributed by atoms with E-state index >= 15 is 0 Å². The first kappa shape index (κ1) is 19.0. The zero-order valence-electron chi connectivity index (χ0n) is 15.5. The van der Waals surface area contributed by atoms with Gasteiger partial charge >= 0.3 is 12.0 Å². The summed E-state index contributed by atoms with van der Waals surface area (Å²) in [6.07, 6.45) is 0. The van der Waals surface area contributed by atoms with Crippen LogP contribution in [0, 0.1) is 0 Å². The summed E-state index contributed by atoms with van der Waals surface area (Å²) in [6, 6.07) is 7.16. The average molecular weight is 346 g/mol. The van der Waals surface area contributed by atoms with E-state index in [1.165, 1.54) is 10.5 Å². The molecule has 0 spiro atoms. The van der Waals surface area contributed by atoms with Crippen LogP contribution in [0.25, 0.3) is 0 Å². The highest BCUT2D eigenvalue weighted by molar-refractivity contribution is 5.95. The van der Waals surface area contributed by atoms with E-state index in [0.29, 0.717) is 23.8 Å². The highest BCUT2D eigenvalue weighted by Gasteiger charge is 2.34. The van der Waals surface area contributed by atoms with E-state index in [-0.39, 0.29) is 12.6 Å². The summed E-state index contributed by atoms with van der Waals surface area (Å²) in [5, 5.41) is 2.88. The summed E-state index contributed by atoms with van der Waals surface area (Å²) in [5.74, 6) is -0.0313. The van der Waals surface area contributed by atoms with Crippen LogP contribution < -0.4 is 5.32 Å². The van der Waals surface area contributed by atoms with Crippen LogP contribution in [0.2, 0.25) is 0 Å². The summed E-state index contributed by atoms with van der Waals surface area (Å²) in [5.41, 5.74) is 3.08. The predicted octanol–water partition coefficient (Wildman–Crippen LogP) is 2.97. The molecule has 0 radical (unpaired) electrons. The zero-order chi connectivity index (χ0) is 18.6. The van der Waals surface area contributed by atoms with Crippen molar-refractivity contribution in [3.05, 3.63) is 46.7 Å². The molecule has 6 nitrogen and oxygen atoms in total. The number of amides is 2.